The van der Waals surface area contributed by atoms with Gasteiger partial charge >= 0.3 is 5.97 Å². The number of nitro groups is 1. The highest BCUT2D eigenvalue weighted by molar-refractivity contribution is 7.86. The van der Waals surface area contributed by atoms with Crippen LogP contribution in [0.25, 0.3) is 22.9 Å². The second-order valence-electron chi connectivity index (χ2n) is 12.0. The van der Waals surface area contributed by atoms with Crippen LogP contribution in [0.3, 0.4) is 0 Å². The molecule has 26 heteroatoms. The van der Waals surface area contributed by atoms with Crippen molar-refractivity contribution in [3.8, 4) is 5.75 Å². The van der Waals surface area contributed by atoms with E-state index in [2.05, 4.69) is 35.5 Å². The number of H-pyrrole nitrogens is 1. The summed E-state index contributed by atoms with van der Waals surface area (Å²) in [6.07, 6.45) is 2.31. The summed E-state index contributed by atoms with van der Waals surface area (Å²) in [6, 6.07) is 16.4. The summed E-state index contributed by atoms with van der Waals surface area (Å²) in [7, 11) is -15.0. The summed E-state index contributed by atoms with van der Waals surface area (Å²) in [5.41, 5.74) is -2.46. The van der Waals surface area contributed by atoms with Gasteiger partial charge in [0.2, 0.25) is 16.9 Å². The predicted octanol–water partition coefficient (Wildman–Crippen LogP) is 6.23. The van der Waals surface area contributed by atoms with E-state index in [-0.39, 0.29) is 61.4 Å². The number of aromatic carboxylic acids is 1. The molecule has 6 rings (SSSR count). The Morgan fingerprint density at radius 2 is 1.50 bits per heavy atom. The van der Waals surface area contributed by atoms with Crippen molar-refractivity contribution in [1.29, 1.82) is 0 Å². The van der Waals surface area contributed by atoms with Crippen LogP contribution in [0.5, 0.6) is 5.75 Å². The molecular formula is C34H23ClN8O14S3. The lowest BCUT2D eigenvalue weighted by atomic mass is 10.1. The highest BCUT2D eigenvalue weighted by Gasteiger charge is 2.23. The molecule has 0 atom stereocenters. The summed E-state index contributed by atoms with van der Waals surface area (Å²) in [4.78, 5) is 34.1. The van der Waals surface area contributed by atoms with Crippen molar-refractivity contribution < 1.29 is 58.8 Å². The third-order valence-corrected chi connectivity index (χ3v) is 10.9. The molecule has 60 heavy (non-hydrogen) atoms. The van der Waals surface area contributed by atoms with E-state index < -0.39 is 73.1 Å². The third-order valence-electron chi connectivity index (χ3n) is 8.04. The quantitative estimate of drug-likeness (QED) is 0.0235. The molecule has 1 aromatic heterocycles. The number of nitro benzene ring substituents is 1. The zero-order chi connectivity index (χ0) is 43.7. The SMILES string of the molecule is O=C(O)c1ccccc1N=Nc1c(S(=O)(=O)O)cc2cc(Nc3nc(Cl)[nH]c(=Nc4ccc(/C=C\c5ccc([N+](=O)[O-])cc5S(=O)(=O)O)cc4S(=O)(=O)O)n3)ccc2c1O. The van der Waals surface area contributed by atoms with E-state index in [0.29, 0.717) is 6.07 Å². The van der Waals surface area contributed by atoms with Crippen molar-refractivity contribution in [2.24, 2.45) is 15.2 Å². The monoisotopic (exact) mass is 898 g/mol. The largest absolute Gasteiger partial charge is 0.505 e. The normalized spacial score (nSPS) is 12.7. The minimum Gasteiger partial charge on any atom is -0.505 e. The Morgan fingerprint density at radius 3 is 2.17 bits per heavy atom. The summed E-state index contributed by atoms with van der Waals surface area (Å²) < 4.78 is 103. The molecule has 1 heterocycles. The van der Waals surface area contributed by atoms with Gasteiger partial charge in [-0.2, -0.15) is 35.2 Å². The molecule has 0 saturated carbocycles. The van der Waals surface area contributed by atoms with Gasteiger partial charge in [-0.3, -0.25) is 28.8 Å². The van der Waals surface area contributed by atoms with Crippen LogP contribution in [-0.4, -0.2) is 75.0 Å². The van der Waals surface area contributed by atoms with Crippen molar-refractivity contribution in [2.75, 3.05) is 5.32 Å². The number of phenols is 1. The molecule has 7 N–H and O–H groups in total. The van der Waals surface area contributed by atoms with E-state index in [9.17, 15) is 64.0 Å². The van der Waals surface area contributed by atoms with Crippen LogP contribution in [0.15, 0.2) is 115 Å². The van der Waals surface area contributed by atoms with Crippen LogP contribution in [0.2, 0.25) is 5.28 Å². The van der Waals surface area contributed by atoms with Gasteiger partial charge in [-0.05, 0) is 82.7 Å². The van der Waals surface area contributed by atoms with Crippen LogP contribution in [-0.2, 0) is 30.4 Å². The number of aromatic amines is 1. The number of anilines is 2. The van der Waals surface area contributed by atoms with Gasteiger partial charge in [0, 0.05) is 23.2 Å². The van der Waals surface area contributed by atoms with Crippen LogP contribution >= 0.6 is 11.6 Å². The lowest BCUT2D eigenvalue weighted by Gasteiger charge is -2.11. The average Bonchev–Trinajstić information content (AvgIpc) is 3.15. The van der Waals surface area contributed by atoms with Gasteiger partial charge in [-0.15, -0.1) is 10.2 Å². The first-order valence-electron chi connectivity index (χ1n) is 16.1. The smallest absolute Gasteiger partial charge is 0.337 e. The highest BCUT2D eigenvalue weighted by Crippen LogP contribution is 2.42. The van der Waals surface area contributed by atoms with Gasteiger partial charge in [0.15, 0.2) is 5.75 Å². The average molecular weight is 899 g/mol. The Labute approximate surface area is 341 Å². The van der Waals surface area contributed by atoms with Crippen molar-refractivity contribution in [3.63, 3.8) is 0 Å². The fourth-order valence-corrected chi connectivity index (χ4v) is 7.59. The number of carbonyl (C=O) groups is 1. The molecule has 22 nitrogen and oxygen atoms in total. The van der Waals surface area contributed by atoms with E-state index in [1.54, 1.807) is 0 Å². The fourth-order valence-electron chi connectivity index (χ4n) is 5.40. The summed E-state index contributed by atoms with van der Waals surface area (Å²) in [5.74, 6) is -2.34. The molecule has 0 aliphatic heterocycles. The number of nitrogens with zero attached hydrogens (tertiary/aromatic N) is 6. The number of fused-ring (bicyclic) bond motifs is 1. The van der Waals surface area contributed by atoms with Gasteiger partial charge in [-0.1, -0.05) is 30.4 Å². The molecule has 0 amide bonds. The maximum Gasteiger partial charge on any atom is 0.337 e. The number of non-ortho nitro benzene ring substituents is 1. The van der Waals surface area contributed by atoms with Gasteiger partial charge in [-0.25, -0.2) is 9.79 Å². The number of hydrogen-bond acceptors (Lipinski definition) is 16. The first-order chi connectivity index (χ1) is 28.1. The van der Waals surface area contributed by atoms with E-state index in [4.69, 9.17) is 11.6 Å². The molecule has 0 fully saturated rings. The molecule has 6 aromatic rings. The van der Waals surface area contributed by atoms with E-state index in [0.717, 1.165) is 36.4 Å². The number of carboxylic acids is 1. The lowest BCUT2D eigenvalue weighted by Crippen LogP contribution is -2.16. The number of rotatable bonds is 12. The molecule has 0 aliphatic carbocycles. The molecule has 0 bridgehead atoms. The molecule has 0 aliphatic rings. The van der Waals surface area contributed by atoms with E-state index >= 15 is 0 Å². The van der Waals surface area contributed by atoms with Crippen LogP contribution < -0.4 is 10.9 Å². The minimum absolute atomic E-state index is 0.0205. The Balaban J connectivity index is 1.34. The van der Waals surface area contributed by atoms with E-state index in [1.165, 1.54) is 54.6 Å². The minimum atomic E-state index is -5.06. The number of halogens is 1. The Hall–Kier alpha value is -7.00. The number of nitrogens with one attached hydrogen (secondary N) is 2. The molecule has 308 valence electrons. The van der Waals surface area contributed by atoms with Crippen molar-refractivity contribution in [1.82, 2.24) is 15.0 Å². The topological polar surface area (TPSA) is 354 Å². The van der Waals surface area contributed by atoms with Crippen molar-refractivity contribution in [3.05, 3.63) is 123 Å². The number of aromatic nitrogens is 3. The van der Waals surface area contributed by atoms with Gasteiger partial charge < -0.3 is 15.5 Å². The molecule has 5 aromatic carbocycles. The number of carboxylic acid groups (broad SMARTS) is 1. The van der Waals surface area contributed by atoms with Gasteiger partial charge in [0.1, 0.15) is 26.1 Å². The second-order valence-corrected chi connectivity index (χ2v) is 16.5. The zero-order valence-electron chi connectivity index (χ0n) is 29.4. The maximum absolute atomic E-state index is 12.4. The number of benzene rings is 5. The number of aromatic hydroxyl groups is 1. The summed E-state index contributed by atoms with van der Waals surface area (Å²) >= 11 is 6.15. The van der Waals surface area contributed by atoms with E-state index in [1.807, 2.05) is 0 Å². The zero-order valence-corrected chi connectivity index (χ0v) is 32.6. The van der Waals surface area contributed by atoms with Gasteiger partial charge in [0.25, 0.3) is 36.0 Å². The molecule has 0 radical (unpaired) electrons. The highest BCUT2D eigenvalue weighted by atomic mass is 35.5. The molecule has 0 unspecified atom stereocenters. The number of phenolic OH excluding ortho intramolecular Hbond substituents is 1. The summed E-state index contributed by atoms with van der Waals surface area (Å²) in [5, 5.41) is 41.6. The lowest BCUT2D eigenvalue weighted by molar-refractivity contribution is -0.385. The molecular weight excluding hydrogens is 876 g/mol. The Kier molecular flexibility index (Phi) is 11.6. The van der Waals surface area contributed by atoms with Crippen LogP contribution in [0, 0.1) is 10.1 Å². The predicted molar refractivity (Wildman–Crippen MR) is 211 cm³/mol. The first-order valence-corrected chi connectivity index (χ1v) is 20.8. The first kappa shape index (κ1) is 42.6. The Morgan fingerprint density at radius 1 is 0.800 bits per heavy atom. The Bertz CT molecular complexity index is 3270. The molecule has 0 spiro atoms. The molecule has 0 saturated heterocycles. The van der Waals surface area contributed by atoms with Crippen LogP contribution in [0.4, 0.5) is 34.4 Å². The maximum atomic E-state index is 12.4. The summed E-state index contributed by atoms with van der Waals surface area (Å²) in [6.45, 7) is 0. The second kappa shape index (κ2) is 16.3. The number of hydrogen-bond donors (Lipinski definition) is 7. The number of azo groups is 1. The van der Waals surface area contributed by atoms with Crippen molar-refractivity contribution >= 4 is 105 Å². The third kappa shape index (κ3) is 9.64. The van der Waals surface area contributed by atoms with Gasteiger partial charge in [0.05, 0.1) is 16.2 Å². The van der Waals surface area contributed by atoms with Crippen LogP contribution in [0.1, 0.15) is 21.5 Å². The van der Waals surface area contributed by atoms with Crippen molar-refractivity contribution in [2.45, 2.75) is 14.7 Å². The standard InChI is InChI=1S/C34H23ClN8O14S3/c35-32-38-33(36-20-9-11-22-19(14-20)15-28(60(55,56)57)29(30(22)44)42-41-24-4-2-1-3-23(24)31(45)46)40-34(39-32)37-25-12-6-17(13-27(25)59(52,53)54)5-7-18-8-10-21(43(47)48)16-26(18)58(49,50)51/h1-16,44H,(H,45,46)(H,49,50,51)(H,52,53,54)(H,55,56,57)(H2,36,37,38,39,40)/b7-5-,42-41?. The fraction of sp³-hybridized carbons (Fsp3) is 0.